The third-order valence-electron chi connectivity index (χ3n) is 4.25. The van der Waals surface area contributed by atoms with Gasteiger partial charge in [-0.2, -0.15) is 0 Å². The van der Waals surface area contributed by atoms with E-state index in [-0.39, 0.29) is 23.1 Å². The molecule has 3 rings (SSSR count). The quantitative estimate of drug-likeness (QED) is 0.772. The lowest BCUT2D eigenvalue weighted by atomic mass is 10.1. The van der Waals surface area contributed by atoms with Crippen molar-refractivity contribution in [1.29, 1.82) is 0 Å². The number of hydrogen-bond donors (Lipinski definition) is 2. The van der Waals surface area contributed by atoms with Crippen LogP contribution in [-0.4, -0.2) is 41.6 Å². The molecule has 0 fully saturated rings. The molecule has 2 N–H and O–H groups in total. The van der Waals surface area contributed by atoms with E-state index >= 15 is 0 Å². The van der Waals surface area contributed by atoms with E-state index in [0.29, 0.717) is 26.1 Å². The number of nitrogens with zero attached hydrogens (tertiary/aromatic N) is 2. The normalized spacial score (nSPS) is 13.2. The van der Waals surface area contributed by atoms with E-state index in [2.05, 4.69) is 15.6 Å². The van der Waals surface area contributed by atoms with Crippen molar-refractivity contribution in [3.05, 3.63) is 47.3 Å². The monoisotopic (exact) mass is 360 g/mol. The number of benzene rings is 1. The third-order valence-corrected chi connectivity index (χ3v) is 4.25. The zero-order valence-electron chi connectivity index (χ0n) is 14.5. The molecule has 0 saturated carbocycles. The van der Waals surface area contributed by atoms with Gasteiger partial charge < -0.3 is 19.9 Å². The Morgan fingerprint density at radius 3 is 2.85 bits per heavy atom. The van der Waals surface area contributed by atoms with Crippen LogP contribution < -0.4 is 10.6 Å². The van der Waals surface area contributed by atoms with Crippen molar-refractivity contribution >= 4 is 17.5 Å². The summed E-state index contributed by atoms with van der Waals surface area (Å²) in [6.07, 6.45) is 2.50. The SMILES string of the molecule is COCCNC(=O)c1nc(C(=O)Nc2ccccc2F)n2c1CCCC2. The molecule has 8 heteroatoms. The Labute approximate surface area is 150 Å². The number of imidazole rings is 1. The summed E-state index contributed by atoms with van der Waals surface area (Å²) in [6, 6.07) is 5.93. The summed E-state index contributed by atoms with van der Waals surface area (Å²) < 4.78 is 20.5. The summed E-state index contributed by atoms with van der Waals surface area (Å²) in [5.74, 6) is -1.27. The van der Waals surface area contributed by atoms with E-state index in [1.807, 2.05) is 0 Å². The summed E-state index contributed by atoms with van der Waals surface area (Å²) in [5.41, 5.74) is 1.07. The maximum atomic E-state index is 13.8. The fraction of sp³-hybridized carbons (Fsp3) is 0.389. The van der Waals surface area contributed by atoms with Gasteiger partial charge >= 0.3 is 0 Å². The van der Waals surface area contributed by atoms with Gasteiger partial charge in [0.1, 0.15) is 11.5 Å². The van der Waals surface area contributed by atoms with E-state index in [1.54, 1.807) is 23.8 Å². The Morgan fingerprint density at radius 1 is 1.27 bits per heavy atom. The topological polar surface area (TPSA) is 85.2 Å². The summed E-state index contributed by atoms with van der Waals surface area (Å²) in [7, 11) is 1.55. The number of anilines is 1. The molecule has 26 heavy (non-hydrogen) atoms. The summed E-state index contributed by atoms with van der Waals surface area (Å²) in [5, 5.41) is 5.26. The number of carbonyl (C=O) groups is 2. The molecule has 0 saturated heterocycles. The number of rotatable bonds is 6. The van der Waals surface area contributed by atoms with E-state index in [9.17, 15) is 14.0 Å². The van der Waals surface area contributed by atoms with E-state index < -0.39 is 11.7 Å². The smallest absolute Gasteiger partial charge is 0.291 e. The average molecular weight is 360 g/mol. The van der Waals surface area contributed by atoms with Gasteiger partial charge in [0, 0.05) is 20.2 Å². The molecule has 1 aliphatic heterocycles. The number of fused-ring (bicyclic) bond motifs is 1. The number of nitrogens with one attached hydrogen (secondary N) is 2. The maximum absolute atomic E-state index is 13.8. The highest BCUT2D eigenvalue weighted by Gasteiger charge is 2.27. The van der Waals surface area contributed by atoms with Crippen molar-refractivity contribution in [2.45, 2.75) is 25.8 Å². The van der Waals surface area contributed by atoms with Crippen LogP contribution in [0.3, 0.4) is 0 Å². The Hall–Kier alpha value is -2.74. The first-order valence-corrected chi connectivity index (χ1v) is 8.54. The summed E-state index contributed by atoms with van der Waals surface area (Å²) in [4.78, 5) is 29.3. The number of halogens is 1. The van der Waals surface area contributed by atoms with Crippen LogP contribution in [-0.2, 0) is 17.7 Å². The highest BCUT2D eigenvalue weighted by Crippen LogP contribution is 2.22. The number of amides is 2. The first kappa shape index (κ1) is 18.1. The Bertz CT molecular complexity index is 819. The molecule has 2 amide bonds. The van der Waals surface area contributed by atoms with Crippen LogP contribution in [0.5, 0.6) is 0 Å². The second-order valence-corrected chi connectivity index (χ2v) is 6.02. The van der Waals surface area contributed by atoms with Crippen molar-refractivity contribution in [1.82, 2.24) is 14.9 Å². The largest absolute Gasteiger partial charge is 0.383 e. The van der Waals surface area contributed by atoms with Crippen LogP contribution in [0.2, 0.25) is 0 Å². The summed E-state index contributed by atoms with van der Waals surface area (Å²) in [6.45, 7) is 1.36. The minimum atomic E-state index is -0.533. The molecule has 138 valence electrons. The number of aromatic nitrogens is 2. The maximum Gasteiger partial charge on any atom is 0.291 e. The molecular formula is C18H21FN4O3. The minimum absolute atomic E-state index is 0.0803. The van der Waals surface area contributed by atoms with Crippen LogP contribution in [0, 0.1) is 5.82 Å². The van der Waals surface area contributed by atoms with Gasteiger partial charge in [-0.15, -0.1) is 0 Å². The zero-order valence-corrected chi connectivity index (χ0v) is 14.5. The molecule has 0 bridgehead atoms. The predicted molar refractivity (Wildman–Crippen MR) is 93.7 cm³/mol. The van der Waals surface area contributed by atoms with Crippen molar-refractivity contribution in [3.63, 3.8) is 0 Å². The van der Waals surface area contributed by atoms with Gasteiger partial charge in [0.15, 0.2) is 5.82 Å². The summed E-state index contributed by atoms with van der Waals surface area (Å²) >= 11 is 0. The van der Waals surface area contributed by atoms with Gasteiger partial charge in [0.05, 0.1) is 18.0 Å². The molecule has 1 aromatic carbocycles. The van der Waals surface area contributed by atoms with E-state index in [4.69, 9.17) is 4.74 Å². The highest BCUT2D eigenvalue weighted by molar-refractivity contribution is 6.03. The predicted octanol–water partition coefficient (Wildman–Crippen LogP) is 1.99. The molecule has 0 unspecified atom stereocenters. The van der Waals surface area contributed by atoms with E-state index in [1.165, 1.54) is 12.1 Å². The number of methoxy groups -OCH3 is 1. The van der Waals surface area contributed by atoms with Crippen LogP contribution in [0.1, 0.15) is 39.6 Å². The second-order valence-electron chi connectivity index (χ2n) is 6.02. The molecule has 1 aromatic heterocycles. The van der Waals surface area contributed by atoms with Gasteiger partial charge in [-0.25, -0.2) is 9.37 Å². The van der Waals surface area contributed by atoms with Gasteiger partial charge in [0.2, 0.25) is 0 Å². The molecule has 2 heterocycles. The molecule has 0 spiro atoms. The first-order chi connectivity index (χ1) is 12.6. The Kier molecular flexibility index (Phi) is 5.62. The Balaban J connectivity index is 1.86. The molecule has 1 aliphatic rings. The Morgan fingerprint density at radius 2 is 2.08 bits per heavy atom. The lowest BCUT2D eigenvalue weighted by Crippen LogP contribution is -2.28. The van der Waals surface area contributed by atoms with Crippen LogP contribution in [0.25, 0.3) is 0 Å². The highest BCUT2D eigenvalue weighted by atomic mass is 19.1. The first-order valence-electron chi connectivity index (χ1n) is 8.54. The van der Waals surface area contributed by atoms with Crippen molar-refractivity contribution in [2.75, 3.05) is 25.6 Å². The number of ether oxygens (including phenoxy) is 1. The number of carbonyl (C=O) groups excluding carboxylic acids is 2. The van der Waals surface area contributed by atoms with Gasteiger partial charge in [0.25, 0.3) is 11.8 Å². The van der Waals surface area contributed by atoms with Gasteiger partial charge in [-0.05, 0) is 31.4 Å². The fourth-order valence-electron chi connectivity index (χ4n) is 2.99. The van der Waals surface area contributed by atoms with Crippen LogP contribution in [0.15, 0.2) is 24.3 Å². The zero-order chi connectivity index (χ0) is 18.5. The molecule has 0 radical (unpaired) electrons. The van der Waals surface area contributed by atoms with Crippen molar-refractivity contribution in [3.8, 4) is 0 Å². The van der Waals surface area contributed by atoms with Crippen LogP contribution in [0.4, 0.5) is 10.1 Å². The second kappa shape index (κ2) is 8.09. The van der Waals surface area contributed by atoms with Crippen molar-refractivity contribution in [2.24, 2.45) is 0 Å². The lowest BCUT2D eigenvalue weighted by Gasteiger charge is -2.17. The standard InChI is InChI=1S/C18H21FN4O3/c1-26-11-9-20-17(24)15-14-8-4-5-10-23(14)16(22-15)18(25)21-13-7-3-2-6-12(13)19/h2-3,6-7H,4-5,8-11H2,1H3,(H,20,24)(H,21,25). The fourth-order valence-corrected chi connectivity index (χ4v) is 2.99. The third kappa shape index (κ3) is 3.75. The molecule has 0 atom stereocenters. The van der Waals surface area contributed by atoms with E-state index in [0.717, 1.165) is 18.5 Å². The molecule has 2 aromatic rings. The van der Waals surface area contributed by atoms with Gasteiger partial charge in [-0.1, -0.05) is 12.1 Å². The molecule has 7 nitrogen and oxygen atoms in total. The molecule has 0 aliphatic carbocycles. The minimum Gasteiger partial charge on any atom is -0.383 e. The lowest BCUT2D eigenvalue weighted by molar-refractivity contribution is 0.0931. The van der Waals surface area contributed by atoms with Crippen LogP contribution >= 0.6 is 0 Å². The van der Waals surface area contributed by atoms with Gasteiger partial charge in [-0.3, -0.25) is 9.59 Å². The number of hydrogen-bond acceptors (Lipinski definition) is 4. The van der Waals surface area contributed by atoms with Crippen molar-refractivity contribution < 1.29 is 18.7 Å². The average Bonchev–Trinajstić information content (AvgIpc) is 3.04. The molecular weight excluding hydrogens is 339 g/mol. The number of para-hydroxylation sites is 1.